The first-order valence-corrected chi connectivity index (χ1v) is 12.1. The summed E-state index contributed by atoms with van der Waals surface area (Å²) in [5.74, 6) is -2.73. The highest BCUT2D eigenvalue weighted by molar-refractivity contribution is 6.05. The van der Waals surface area contributed by atoms with Crippen molar-refractivity contribution in [2.24, 2.45) is 0 Å². The number of fused-ring (bicyclic) bond motifs is 1. The number of carbonyl (C=O) groups excluding carboxylic acids is 2. The van der Waals surface area contributed by atoms with Gasteiger partial charge in [0.05, 0.1) is 12.1 Å². The molecule has 0 radical (unpaired) electrons. The normalized spacial score (nSPS) is 10.8. The number of pyridine rings is 3. The van der Waals surface area contributed by atoms with E-state index in [1.54, 1.807) is 24.5 Å². The molecule has 0 saturated carbocycles. The highest BCUT2D eigenvalue weighted by Crippen LogP contribution is 2.18. The van der Waals surface area contributed by atoms with Gasteiger partial charge in [-0.15, -0.1) is 0 Å². The number of amides is 2. The zero-order chi connectivity index (χ0) is 28.2. The van der Waals surface area contributed by atoms with Gasteiger partial charge in [-0.25, -0.2) is 8.78 Å². The number of nitrogens with zero attached hydrogens (tertiary/aromatic N) is 2. The van der Waals surface area contributed by atoms with Crippen molar-refractivity contribution in [2.75, 3.05) is 5.32 Å². The van der Waals surface area contributed by atoms with E-state index in [2.05, 4.69) is 20.6 Å². The molecular formula is C29H21F2N5O4. The number of aromatic nitrogens is 3. The molecule has 0 spiro atoms. The van der Waals surface area contributed by atoms with E-state index >= 15 is 0 Å². The number of benzene rings is 2. The second-order valence-corrected chi connectivity index (χ2v) is 8.85. The Hall–Kier alpha value is -5.45. The first-order valence-electron chi connectivity index (χ1n) is 12.1. The molecule has 0 fully saturated rings. The Bertz CT molecular complexity index is 1830. The maximum Gasteiger partial charge on any atom is 0.261 e. The van der Waals surface area contributed by atoms with E-state index in [4.69, 9.17) is 0 Å². The van der Waals surface area contributed by atoms with Gasteiger partial charge in [-0.1, -0.05) is 6.07 Å². The molecule has 5 aromatic rings. The van der Waals surface area contributed by atoms with E-state index in [9.17, 15) is 28.0 Å². The van der Waals surface area contributed by atoms with Crippen molar-refractivity contribution in [3.8, 4) is 0 Å². The van der Waals surface area contributed by atoms with Crippen LogP contribution in [-0.4, -0.2) is 26.3 Å². The molecule has 0 bridgehead atoms. The van der Waals surface area contributed by atoms with Crippen LogP contribution in [0, 0.1) is 11.6 Å². The molecule has 9 nitrogen and oxygen atoms in total. The molecule has 0 unspecified atom stereocenters. The lowest BCUT2D eigenvalue weighted by Gasteiger charge is -2.14. The van der Waals surface area contributed by atoms with Crippen molar-refractivity contribution in [3.63, 3.8) is 0 Å². The number of nitrogens with one attached hydrogen (secondary N) is 3. The maximum absolute atomic E-state index is 14.4. The molecule has 3 aromatic heterocycles. The Morgan fingerprint density at radius 1 is 0.875 bits per heavy atom. The minimum Gasteiger partial charge on any atom is -0.348 e. The molecule has 11 heteroatoms. The lowest BCUT2D eigenvalue weighted by molar-refractivity contribution is 0.0950. The van der Waals surface area contributed by atoms with E-state index in [-0.39, 0.29) is 34.6 Å². The van der Waals surface area contributed by atoms with Gasteiger partial charge in [0, 0.05) is 48.0 Å². The summed E-state index contributed by atoms with van der Waals surface area (Å²) in [6.45, 7) is -0.0299. The number of anilines is 1. The number of rotatable bonds is 7. The summed E-state index contributed by atoms with van der Waals surface area (Å²) in [4.78, 5) is 57.0. The number of aromatic amines is 1. The molecule has 0 aliphatic rings. The van der Waals surface area contributed by atoms with Crippen LogP contribution in [0.3, 0.4) is 0 Å². The zero-order valence-electron chi connectivity index (χ0n) is 20.8. The molecule has 40 heavy (non-hydrogen) atoms. The van der Waals surface area contributed by atoms with Crippen LogP contribution in [0.5, 0.6) is 0 Å². The molecule has 5 rings (SSSR count). The fourth-order valence-electron chi connectivity index (χ4n) is 4.13. The van der Waals surface area contributed by atoms with Crippen molar-refractivity contribution in [2.45, 2.75) is 13.1 Å². The van der Waals surface area contributed by atoms with Crippen molar-refractivity contribution in [1.29, 1.82) is 0 Å². The largest absolute Gasteiger partial charge is 0.348 e. The summed E-state index contributed by atoms with van der Waals surface area (Å²) >= 11 is 0. The van der Waals surface area contributed by atoms with Crippen molar-refractivity contribution < 1.29 is 18.4 Å². The number of H-pyrrole nitrogens is 1. The molecule has 3 heterocycles. The third kappa shape index (κ3) is 5.53. The Balaban J connectivity index is 1.40. The summed E-state index contributed by atoms with van der Waals surface area (Å²) in [5.41, 5.74) is -0.441. The van der Waals surface area contributed by atoms with Crippen LogP contribution < -0.4 is 21.6 Å². The predicted molar refractivity (Wildman–Crippen MR) is 144 cm³/mol. The lowest BCUT2D eigenvalue weighted by atomic mass is 10.1. The molecule has 2 aromatic carbocycles. The standard InChI is InChI=1S/C29H21F2N5O4/c30-22-2-1-3-23(31)20(22)15-36-16-21(27(38)26-24(36)8-9-25(37)35-26)29(40)34-19-6-4-18(5-7-19)28(39)33-14-17-10-12-32-13-11-17/h1-13,16H,14-15H2,(H,33,39)(H,34,40)(H,35,37). The minimum absolute atomic E-state index is 0.182. The van der Waals surface area contributed by atoms with Crippen LogP contribution in [0.2, 0.25) is 0 Å². The molecule has 3 N–H and O–H groups in total. The Kier molecular flexibility index (Phi) is 7.27. The SMILES string of the molecule is O=C(NCc1ccncc1)c1ccc(NC(=O)c2cn(Cc3c(F)cccc3F)c3ccc(=O)[nH]c3c2=O)cc1. The molecule has 0 aliphatic carbocycles. The lowest BCUT2D eigenvalue weighted by Crippen LogP contribution is -2.26. The van der Waals surface area contributed by atoms with Gasteiger partial charge in [-0.05, 0) is 60.2 Å². The topological polar surface area (TPSA) is 126 Å². The second-order valence-electron chi connectivity index (χ2n) is 8.85. The first kappa shape index (κ1) is 26.2. The van der Waals surface area contributed by atoms with E-state index in [0.717, 1.165) is 17.7 Å². The predicted octanol–water partition coefficient (Wildman–Crippen LogP) is 3.59. The zero-order valence-corrected chi connectivity index (χ0v) is 20.8. The average molecular weight is 542 g/mol. The van der Waals surface area contributed by atoms with Gasteiger partial charge in [-0.3, -0.25) is 24.2 Å². The van der Waals surface area contributed by atoms with Gasteiger partial charge in [0.15, 0.2) is 0 Å². The van der Waals surface area contributed by atoms with Crippen LogP contribution in [0.4, 0.5) is 14.5 Å². The van der Waals surface area contributed by atoms with Crippen molar-refractivity contribution >= 4 is 28.5 Å². The van der Waals surface area contributed by atoms with Gasteiger partial charge in [0.1, 0.15) is 22.7 Å². The van der Waals surface area contributed by atoms with Gasteiger partial charge in [-0.2, -0.15) is 0 Å². The maximum atomic E-state index is 14.4. The van der Waals surface area contributed by atoms with E-state index < -0.39 is 28.5 Å². The number of carbonyl (C=O) groups is 2. The Labute approximate surface area is 225 Å². The number of halogens is 2. The quantitative estimate of drug-likeness (QED) is 0.290. The highest BCUT2D eigenvalue weighted by atomic mass is 19.1. The third-order valence-electron chi connectivity index (χ3n) is 6.21. The smallest absolute Gasteiger partial charge is 0.261 e. The summed E-state index contributed by atoms with van der Waals surface area (Å²) in [6.07, 6.45) is 4.43. The molecule has 2 amide bonds. The molecule has 0 atom stereocenters. The van der Waals surface area contributed by atoms with Gasteiger partial charge in [0.2, 0.25) is 11.0 Å². The van der Waals surface area contributed by atoms with Gasteiger partial charge < -0.3 is 20.2 Å². The molecular weight excluding hydrogens is 520 g/mol. The summed E-state index contributed by atoms with van der Waals surface area (Å²) in [5, 5.41) is 5.37. The van der Waals surface area contributed by atoms with E-state index in [1.807, 2.05) is 0 Å². The van der Waals surface area contributed by atoms with Crippen LogP contribution in [0.25, 0.3) is 11.0 Å². The first-order chi connectivity index (χ1) is 19.3. The van der Waals surface area contributed by atoms with E-state index in [1.165, 1.54) is 53.2 Å². The minimum atomic E-state index is -0.811. The highest BCUT2D eigenvalue weighted by Gasteiger charge is 2.19. The monoisotopic (exact) mass is 541 g/mol. The second kappa shape index (κ2) is 11.1. The average Bonchev–Trinajstić information content (AvgIpc) is 2.96. The Morgan fingerprint density at radius 3 is 2.27 bits per heavy atom. The van der Waals surface area contributed by atoms with Crippen LogP contribution in [0.1, 0.15) is 31.8 Å². The molecule has 200 valence electrons. The fraction of sp³-hybridized carbons (Fsp3) is 0.0690. The van der Waals surface area contributed by atoms with Crippen molar-refractivity contribution in [3.05, 3.63) is 140 Å². The van der Waals surface area contributed by atoms with Crippen LogP contribution in [0.15, 0.2) is 94.9 Å². The van der Waals surface area contributed by atoms with Crippen LogP contribution >= 0.6 is 0 Å². The van der Waals surface area contributed by atoms with E-state index in [0.29, 0.717) is 17.8 Å². The van der Waals surface area contributed by atoms with Gasteiger partial charge in [0.25, 0.3) is 11.8 Å². The summed E-state index contributed by atoms with van der Waals surface area (Å²) in [7, 11) is 0. The molecule has 0 aliphatic heterocycles. The van der Waals surface area contributed by atoms with Gasteiger partial charge >= 0.3 is 0 Å². The van der Waals surface area contributed by atoms with Crippen molar-refractivity contribution in [1.82, 2.24) is 19.9 Å². The summed E-state index contributed by atoms with van der Waals surface area (Å²) < 4.78 is 30.1. The summed E-state index contributed by atoms with van der Waals surface area (Å²) in [6, 6.07) is 15.5. The molecule has 0 saturated heterocycles. The third-order valence-corrected chi connectivity index (χ3v) is 6.21. The van der Waals surface area contributed by atoms with Crippen LogP contribution in [-0.2, 0) is 13.1 Å². The fourth-order valence-corrected chi connectivity index (χ4v) is 4.13. The number of hydrogen-bond donors (Lipinski definition) is 3. The Morgan fingerprint density at radius 2 is 1.57 bits per heavy atom. The number of hydrogen-bond acceptors (Lipinski definition) is 5.